The summed E-state index contributed by atoms with van der Waals surface area (Å²) in [6.07, 6.45) is 10.5. The van der Waals surface area contributed by atoms with Gasteiger partial charge in [-0.1, -0.05) is 11.6 Å². The van der Waals surface area contributed by atoms with Gasteiger partial charge in [-0.15, -0.1) is 24.8 Å². The third-order valence-electron chi connectivity index (χ3n) is 2.75. The lowest BCUT2D eigenvalue weighted by Gasteiger charge is -2.20. The summed E-state index contributed by atoms with van der Waals surface area (Å²) in [5.74, 6) is 0. The van der Waals surface area contributed by atoms with Crippen LogP contribution < -0.4 is 5.73 Å². The first-order valence-corrected chi connectivity index (χ1v) is 5.19. The second-order valence-corrected chi connectivity index (χ2v) is 3.92. The first kappa shape index (κ1) is 15.4. The first-order valence-electron chi connectivity index (χ1n) is 5.19. The summed E-state index contributed by atoms with van der Waals surface area (Å²) in [5.41, 5.74) is 8.63. The summed E-state index contributed by atoms with van der Waals surface area (Å²) in [6, 6.07) is 4.51. The van der Waals surface area contributed by atoms with Crippen molar-refractivity contribution in [2.24, 2.45) is 5.73 Å². The second kappa shape index (κ2) is 7.66. The minimum atomic E-state index is 0. The summed E-state index contributed by atoms with van der Waals surface area (Å²) >= 11 is 0. The van der Waals surface area contributed by atoms with Crippen LogP contribution >= 0.6 is 24.8 Å². The Balaban J connectivity index is 0.00000112. The third kappa shape index (κ3) is 4.52. The standard InChI is InChI=1S/C12H16N2.2ClH/c13-12-3-1-10(2-4-12)9-11-5-7-14-8-6-11;;/h5-9,12H,1-4,13H2;2*1H. The lowest BCUT2D eigenvalue weighted by atomic mass is 9.90. The molecule has 90 valence electrons. The van der Waals surface area contributed by atoms with E-state index < -0.39 is 0 Å². The van der Waals surface area contributed by atoms with E-state index in [1.165, 1.54) is 11.1 Å². The average molecular weight is 261 g/mol. The summed E-state index contributed by atoms with van der Waals surface area (Å²) in [5, 5.41) is 0. The van der Waals surface area contributed by atoms with E-state index in [0.717, 1.165) is 25.7 Å². The van der Waals surface area contributed by atoms with Gasteiger partial charge in [-0.3, -0.25) is 4.98 Å². The van der Waals surface area contributed by atoms with Gasteiger partial charge >= 0.3 is 0 Å². The molecule has 0 aliphatic heterocycles. The Morgan fingerprint density at radius 3 is 2.25 bits per heavy atom. The van der Waals surface area contributed by atoms with E-state index in [1.54, 1.807) is 0 Å². The summed E-state index contributed by atoms with van der Waals surface area (Å²) < 4.78 is 0. The van der Waals surface area contributed by atoms with Crippen molar-refractivity contribution in [2.75, 3.05) is 0 Å². The van der Waals surface area contributed by atoms with Gasteiger partial charge < -0.3 is 5.73 Å². The summed E-state index contributed by atoms with van der Waals surface area (Å²) in [6.45, 7) is 0. The van der Waals surface area contributed by atoms with Crippen LogP contribution in [0, 0.1) is 0 Å². The van der Waals surface area contributed by atoms with Crippen LogP contribution in [-0.2, 0) is 0 Å². The van der Waals surface area contributed by atoms with Gasteiger partial charge in [0.15, 0.2) is 0 Å². The number of pyridine rings is 1. The monoisotopic (exact) mass is 260 g/mol. The molecule has 0 spiro atoms. The molecule has 2 N–H and O–H groups in total. The molecule has 2 rings (SSSR count). The fourth-order valence-corrected chi connectivity index (χ4v) is 1.85. The van der Waals surface area contributed by atoms with Gasteiger partial charge in [-0.25, -0.2) is 0 Å². The van der Waals surface area contributed by atoms with Crippen LogP contribution in [0.15, 0.2) is 30.1 Å². The van der Waals surface area contributed by atoms with Gasteiger partial charge in [0.05, 0.1) is 0 Å². The Morgan fingerprint density at radius 1 is 1.12 bits per heavy atom. The fraction of sp³-hybridized carbons (Fsp3) is 0.417. The minimum absolute atomic E-state index is 0. The molecule has 1 fully saturated rings. The Hall–Kier alpha value is -0.570. The Bertz CT molecular complexity index is 315. The van der Waals surface area contributed by atoms with E-state index in [-0.39, 0.29) is 24.8 Å². The highest BCUT2D eigenvalue weighted by Crippen LogP contribution is 2.24. The van der Waals surface area contributed by atoms with E-state index in [4.69, 9.17) is 5.73 Å². The zero-order valence-electron chi connectivity index (χ0n) is 9.13. The van der Waals surface area contributed by atoms with Crippen molar-refractivity contribution in [3.63, 3.8) is 0 Å². The SMILES string of the molecule is Cl.Cl.NC1CCC(=Cc2ccncc2)CC1. The highest BCUT2D eigenvalue weighted by Gasteiger charge is 2.11. The normalized spacial score (nSPS) is 19.3. The van der Waals surface area contributed by atoms with Crippen LogP contribution in [0.2, 0.25) is 0 Å². The Labute approximate surface area is 109 Å². The molecule has 4 heteroatoms. The van der Waals surface area contributed by atoms with Crippen LogP contribution in [0.1, 0.15) is 31.2 Å². The Morgan fingerprint density at radius 2 is 1.69 bits per heavy atom. The van der Waals surface area contributed by atoms with Gasteiger partial charge in [0.25, 0.3) is 0 Å². The fourth-order valence-electron chi connectivity index (χ4n) is 1.85. The number of nitrogens with zero attached hydrogens (tertiary/aromatic N) is 1. The Kier molecular flexibility index (Phi) is 7.39. The molecule has 0 aromatic carbocycles. The lowest BCUT2D eigenvalue weighted by Crippen LogP contribution is -2.23. The van der Waals surface area contributed by atoms with E-state index in [1.807, 2.05) is 24.5 Å². The maximum Gasteiger partial charge on any atom is 0.0273 e. The number of hydrogen-bond acceptors (Lipinski definition) is 2. The van der Waals surface area contributed by atoms with Crippen molar-refractivity contribution >= 4 is 30.9 Å². The largest absolute Gasteiger partial charge is 0.328 e. The van der Waals surface area contributed by atoms with Crippen molar-refractivity contribution < 1.29 is 0 Å². The summed E-state index contributed by atoms with van der Waals surface area (Å²) in [7, 11) is 0. The molecule has 0 atom stereocenters. The number of nitrogens with two attached hydrogens (primary N) is 1. The van der Waals surface area contributed by atoms with E-state index in [9.17, 15) is 0 Å². The van der Waals surface area contributed by atoms with Crippen LogP contribution in [-0.4, -0.2) is 11.0 Å². The second-order valence-electron chi connectivity index (χ2n) is 3.92. The molecule has 1 aliphatic carbocycles. The van der Waals surface area contributed by atoms with Gasteiger partial charge in [0.1, 0.15) is 0 Å². The molecule has 1 saturated carbocycles. The molecule has 1 aromatic heterocycles. The molecule has 0 bridgehead atoms. The van der Waals surface area contributed by atoms with Gasteiger partial charge in [-0.05, 0) is 43.4 Å². The lowest BCUT2D eigenvalue weighted by molar-refractivity contribution is 0.514. The predicted molar refractivity (Wildman–Crippen MR) is 73.2 cm³/mol. The number of hydrogen-bond donors (Lipinski definition) is 1. The smallest absolute Gasteiger partial charge is 0.0273 e. The average Bonchev–Trinajstić information content (AvgIpc) is 2.23. The van der Waals surface area contributed by atoms with Crippen molar-refractivity contribution in [3.05, 3.63) is 35.7 Å². The molecule has 0 saturated heterocycles. The predicted octanol–water partition coefficient (Wildman–Crippen LogP) is 3.21. The molecule has 0 radical (unpaired) electrons. The van der Waals surface area contributed by atoms with Crippen molar-refractivity contribution in [3.8, 4) is 0 Å². The van der Waals surface area contributed by atoms with Gasteiger partial charge in [0.2, 0.25) is 0 Å². The van der Waals surface area contributed by atoms with Crippen LogP contribution in [0.25, 0.3) is 6.08 Å². The number of rotatable bonds is 1. The number of halogens is 2. The molecule has 16 heavy (non-hydrogen) atoms. The molecule has 1 aromatic rings. The van der Waals surface area contributed by atoms with E-state index in [2.05, 4.69) is 11.1 Å². The first-order chi connectivity index (χ1) is 6.84. The van der Waals surface area contributed by atoms with Crippen LogP contribution in [0.5, 0.6) is 0 Å². The van der Waals surface area contributed by atoms with Crippen LogP contribution in [0.3, 0.4) is 0 Å². The van der Waals surface area contributed by atoms with Crippen molar-refractivity contribution in [2.45, 2.75) is 31.7 Å². The zero-order valence-corrected chi connectivity index (χ0v) is 10.8. The highest BCUT2D eigenvalue weighted by atomic mass is 35.5. The molecular weight excluding hydrogens is 243 g/mol. The maximum atomic E-state index is 5.85. The van der Waals surface area contributed by atoms with Gasteiger partial charge in [0, 0.05) is 18.4 Å². The van der Waals surface area contributed by atoms with E-state index >= 15 is 0 Å². The van der Waals surface area contributed by atoms with E-state index in [0.29, 0.717) is 6.04 Å². The van der Waals surface area contributed by atoms with Crippen molar-refractivity contribution in [1.29, 1.82) is 0 Å². The molecule has 0 unspecified atom stereocenters. The third-order valence-corrected chi connectivity index (χ3v) is 2.75. The van der Waals surface area contributed by atoms with Crippen LogP contribution in [0.4, 0.5) is 0 Å². The molecule has 1 aliphatic rings. The minimum Gasteiger partial charge on any atom is -0.328 e. The quantitative estimate of drug-likeness (QED) is 0.843. The number of allylic oxidation sites excluding steroid dienone is 1. The highest BCUT2D eigenvalue weighted by molar-refractivity contribution is 5.85. The van der Waals surface area contributed by atoms with Crippen molar-refractivity contribution in [1.82, 2.24) is 4.98 Å². The molecule has 0 amide bonds. The molecule has 2 nitrogen and oxygen atoms in total. The topological polar surface area (TPSA) is 38.9 Å². The molecular formula is C12H18Cl2N2. The zero-order chi connectivity index (χ0) is 9.80. The number of aromatic nitrogens is 1. The molecule has 1 heterocycles. The summed E-state index contributed by atoms with van der Waals surface area (Å²) in [4.78, 5) is 4.00. The van der Waals surface area contributed by atoms with Gasteiger partial charge in [-0.2, -0.15) is 0 Å². The maximum absolute atomic E-state index is 5.85.